The van der Waals surface area contributed by atoms with Crippen LogP contribution < -0.4 is 5.32 Å². The number of carbonyl (C=O) groups is 2. The lowest BCUT2D eigenvalue weighted by atomic mass is 10.1. The zero-order chi connectivity index (χ0) is 14.6. The smallest absolute Gasteiger partial charge is 0.326 e. The Morgan fingerprint density at radius 1 is 1.37 bits per heavy atom. The van der Waals surface area contributed by atoms with Gasteiger partial charge in [0.1, 0.15) is 6.04 Å². The first-order chi connectivity index (χ1) is 8.86. The van der Waals surface area contributed by atoms with E-state index in [1.54, 1.807) is 0 Å². The third-order valence-electron chi connectivity index (χ3n) is 2.26. The highest BCUT2D eigenvalue weighted by atomic mass is 127. The molecule has 0 spiro atoms. The largest absolute Gasteiger partial charge is 0.480 e. The topological polar surface area (TPSA) is 86.6 Å². The van der Waals surface area contributed by atoms with E-state index < -0.39 is 17.9 Å². The summed E-state index contributed by atoms with van der Waals surface area (Å²) in [6.07, 6.45) is -0.0774. The summed E-state index contributed by atoms with van der Waals surface area (Å²) in [6, 6.07) is 1.73. The second-order valence-electron chi connectivity index (χ2n) is 3.63. The molecule has 0 saturated carbocycles. The van der Waals surface area contributed by atoms with Crippen molar-refractivity contribution >= 4 is 57.7 Å². The van der Waals surface area contributed by atoms with Gasteiger partial charge in [0, 0.05) is 21.6 Å². The molecule has 0 radical (unpaired) electrons. The normalized spacial score (nSPS) is 12.0. The fourth-order valence-corrected chi connectivity index (χ4v) is 2.39. The van der Waals surface area contributed by atoms with Crippen molar-refractivity contribution in [1.29, 1.82) is 0 Å². The van der Waals surface area contributed by atoms with E-state index in [2.05, 4.69) is 5.32 Å². The van der Waals surface area contributed by atoms with Crippen LogP contribution in [0, 0.1) is 3.57 Å². The molecule has 0 heterocycles. The molecule has 3 N–H and O–H groups in total. The fraction of sp³-hybridized carbons (Fsp3) is 0.273. The summed E-state index contributed by atoms with van der Waals surface area (Å²) in [5.41, 5.74) is 0.197. The van der Waals surface area contributed by atoms with E-state index in [1.807, 2.05) is 22.6 Å². The Hall–Kier alpha value is -0.570. The van der Waals surface area contributed by atoms with Crippen LogP contribution in [0.3, 0.4) is 0 Å². The molecule has 0 bridgehead atoms. The predicted octanol–water partition coefficient (Wildman–Crippen LogP) is 2.16. The summed E-state index contributed by atoms with van der Waals surface area (Å²) in [6.45, 7) is -0.343. The van der Waals surface area contributed by atoms with E-state index in [1.165, 1.54) is 12.1 Å². The maximum atomic E-state index is 12.0. The van der Waals surface area contributed by atoms with E-state index in [4.69, 9.17) is 33.4 Å². The Kier molecular flexibility index (Phi) is 6.31. The first-order valence-corrected chi connectivity index (χ1v) is 6.99. The van der Waals surface area contributed by atoms with E-state index in [-0.39, 0.29) is 23.6 Å². The van der Waals surface area contributed by atoms with E-state index >= 15 is 0 Å². The zero-order valence-electron chi connectivity index (χ0n) is 9.49. The van der Waals surface area contributed by atoms with Gasteiger partial charge in [0.25, 0.3) is 5.91 Å². The molecule has 0 aliphatic heterocycles. The van der Waals surface area contributed by atoms with Crippen LogP contribution in [0.5, 0.6) is 0 Å². The summed E-state index contributed by atoms with van der Waals surface area (Å²) in [5, 5.41) is 20.6. The SMILES string of the molecule is O=C(N[C@H](CCO)C(=O)O)c1cc(Cl)cc(Cl)c1I. The van der Waals surface area contributed by atoms with Gasteiger partial charge in [0.05, 0.1) is 10.6 Å². The molecule has 0 unspecified atom stereocenters. The summed E-state index contributed by atoms with van der Waals surface area (Å²) >= 11 is 13.6. The van der Waals surface area contributed by atoms with Gasteiger partial charge in [-0.25, -0.2) is 4.79 Å². The van der Waals surface area contributed by atoms with Gasteiger partial charge in [-0.3, -0.25) is 4.79 Å². The van der Waals surface area contributed by atoms with Crippen LogP contribution in [0.15, 0.2) is 12.1 Å². The average Bonchev–Trinajstić information content (AvgIpc) is 2.32. The van der Waals surface area contributed by atoms with E-state index in [0.29, 0.717) is 8.59 Å². The molecule has 1 atom stereocenters. The van der Waals surface area contributed by atoms with Gasteiger partial charge >= 0.3 is 5.97 Å². The van der Waals surface area contributed by atoms with Gasteiger partial charge in [-0.2, -0.15) is 0 Å². The van der Waals surface area contributed by atoms with Crippen LogP contribution in [0.1, 0.15) is 16.8 Å². The third-order valence-corrected chi connectivity index (χ3v) is 4.26. The number of hydrogen-bond donors (Lipinski definition) is 3. The predicted molar refractivity (Wildman–Crippen MR) is 79.8 cm³/mol. The van der Waals surface area contributed by atoms with Crippen molar-refractivity contribution in [3.05, 3.63) is 31.3 Å². The molecular formula is C11H10Cl2INO4. The van der Waals surface area contributed by atoms with Gasteiger partial charge in [-0.05, 0) is 34.7 Å². The minimum atomic E-state index is -1.22. The fourth-order valence-electron chi connectivity index (χ4n) is 1.34. The summed E-state index contributed by atoms with van der Waals surface area (Å²) in [7, 11) is 0. The van der Waals surface area contributed by atoms with Crippen molar-refractivity contribution in [2.24, 2.45) is 0 Å². The number of carboxylic acid groups (broad SMARTS) is 1. The molecule has 1 aromatic carbocycles. The molecule has 0 fully saturated rings. The Morgan fingerprint density at radius 2 is 2.00 bits per heavy atom. The third kappa shape index (κ3) is 4.48. The molecule has 1 rings (SSSR count). The molecule has 1 aromatic rings. The molecule has 19 heavy (non-hydrogen) atoms. The number of halogens is 3. The number of aliphatic hydroxyl groups is 1. The van der Waals surface area contributed by atoms with Crippen LogP contribution in [-0.2, 0) is 4.79 Å². The molecule has 0 aliphatic carbocycles. The Balaban J connectivity index is 2.97. The lowest BCUT2D eigenvalue weighted by Gasteiger charge is -2.14. The van der Waals surface area contributed by atoms with E-state index in [9.17, 15) is 9.59 Å². The highest BCUT2D eigenvalue weighted by Crippen LogP contribution is 2.26. The Morgan fingerprint density at radius 3 is 2.53 bits per heavy atom. The maximum absolute atomic E-state index is 12.0. The first kappa shape index (κ1) is 16.5. The molecule has 0 aromatic heterocycles. The number of rotatable bonds is 5. The second-order valence-corrected chi connectivity index (χ2v) is 5.55. The monoisotopic (exact) mass is 417 g/mol. The molecular weight excluding hydrogens is 408 g/mol. The molecule has 104 valence electrons. The number of aliphatic hydroxyl groups excluding tert-OH is 1. The van der Waals surface area contributed by atoms with Crippen molar-refractivity contribution in [1.82, 2.24) is 5.32 Å². The van der Waals surface area contributed by atoms with Crippen molar-refractivity contribution in [3.63, 3.8) is 0 Å². The molecule has 0 aliphatic rings. The Labute approximate surface area is 133 Å². The zero-order valence-corrected chi connectivity index (χ0v) is 13.2. The van der Waals surface area contributed by atoms with E-state index in [0.717, 1.165) is 0 Å². The lowest BCUT2D eigenvalue weighted by Crippen LogP contribution is -2.41. The van der Waals surface area contributed by atoms with Crippen LogP contribution in [0.25, 0.3) is 0 Å². The van der Waals surface area contributed by atoms with Gasteiger partial charge in [0.15, 0.2) is 0 Å². The van der Waals surface area contributed by atoms with Crippen LogP contribution in [-0.4, -0.2) is 34.7 Å². The first-order valence-electron chi connectivity index (χ1n) is 5.16. The van der Waals surface area contributed by atoms with Crippen LogP contribution in [0.2, 0.25) is 10.0 Å². The van der Waals surface area contributed by atoms with Gasteiger partial charge in [0.2, 0.25) is 0 Å². The van der Waals surface area contributed by atoms with Crippen LogP contribution >= 0.6 is 45.8 Å². The maximum Gasteiger partial charge on any atom is 0.326 e. The number of carboxylic acids is 1. The van der Waals surface area contributed by atoms with Crippen molar-refractivity contribution in [2.45, 2.75) is 12.5 Å². The van der Waals surface area contributed by atoms with Gasteiger partial charge < -0.3 is 15.5 Å². The van der Waals surface area contributed by atoms with Gasteiger partial charge in [-0.1, -0.05) is 23.2 Å². The summed E-state index contributed by atoms with van der Waals surface area (Å²) < 4.78 is 0.481. The minimum absolute atomic E-state index is 0.0774. The molecule has 0 saturated heterocycles. The summed E-state index contributed by atoms with van der Waals surface area (Å²) in [5.74, 6) is -1.82. The number of aliphatic carboxylic acids is 1. The lowest BCUT2D eigenvalue weighted by molar-refractivity contribution is -0.139. The Bertz CT molecular complexity index is 510. The minimum Gasteiger partial charge on any atom is -0.480 e. The summed E-state index contributed by atoms with van der Waals surface area (Å²) in [4.78, 5) is 22.9. The quantitative estimate of drug-likeness (QED) is 0.506. The number of hydrogen-bond acceptors (Lipinski definition) is 3. The van der Waals surface area contributed by atoms with Gasteiger partial charge in [-0.15, -0.1) is 0 Å². The van der Waals surface area contributed by atoms with Crippen molar-refractivity contribution in [3.8, 4) is 0 Å². The van der Waals surface area contributed by atoms with Crippen molar-refractivity contribution < 1.29 is 19.8 Å². The molecule has 8 heteroatoms. The number of carbonyl (C=O) groups excluding carboxylic acids is 1. The molecule has 5 nitrogen and oxygen atoms in total. The highest BCUT2D eigenvalue weighted by molar-refractivity contribution is 14.1. The van der Waals surface area contributed by atoms with Crippen LogP contribution in [0.4, 0.5) is 0 Å². The number of amides is 1. The second kappa shape index (κ2) is 7.28. The standard InChI is InChI=1S/C11H10Cl2INO4/c12-5-3-6(9(14)7(13)4-5)10(17)15-8(1-2-16)11(18)19/h3-4,8,16H,1-2H2,(H,15,17)(H,18,19)/t8-/m1/s1. The number of nitrogens with one attached hydrogen (secondary N) is 1. The average molecular weight is 418 g/mol. The van der Waals surface area contributed by atoms with Crippen molar-refractivity contribution in [2.75, 3.05) is 6.61 Å². The number of benzene rings is 1. The molecule has 1 amide bonds. The highest BCUT2D eigenvalue weighted by Gasteiger charge is 2.22.